The van der Waals surface area contributed by atoms with Gasteiger partial charge in [-0.3, -0.25) is 9.59 Å². The van der Waals surface area contributed by atoms with Crippen molar-refractivity contribution in [3.05, 3.63) is 76.1 Å². The van der Waals surface area contributed by atoms with Gasteiger partial charge in [-0.15, -0.1) is 0 Å². The molecule has 0 heterocycles. The van der Waals surface area contributed by atoms with Crippen LogP contribution >= 0.6 is 11.6 Å². The van der Waals surface area contributed by atoms with Gasteiger partial charge in [0, 0.05) is 21.1 Å². The molecule has 2 atom stereocenters. The topological polar surface area (TPSA) is 87.7 Å². The molecule has 0 aliphatic rings. The number of nitrogens with one attached hydrogen (secondary N) is 2. The molecule has 0 saturated heterocycles. The van der Waals surface area contributed by atoms with Gasteiger partial charge in [0.2, 0.25) is 5.91 Å². The minimum atomic E-state index is -5.06. The first-order valence-corrected chi connectivity index (χ1v) is 10.4. The van der Waals surface area contributed by atoms with Crippen molar-refractivity contribution >= 4 is 35.6 Å². The van der Waals surface area contributed by atoms with Gasteiger partial charge in [-0.05, 0) is 29.8 Å². The molecule has 0 radical (unpaired) electrons. The van der Waals surface area contributed by atoms with Crippen LogP contribution in [-0.2, 0) is 15.7 Å². The Morgan fingerprint density at radius 1 is 1.09 bits per heavy atom. The number of nitrogens with zero attached hydrogens (tertiary/aromatic N) is 1. The molecule has 0 saturated carbocycles. The van der Waals surface area contributed by atoms with Crippen LogP contribution in [0.3, 0.4) is 0 Å². The largest absolute Gasteiger partial charge is 0.437 e. The van der Waals surface area contributed by atoms with E-state index in [0.717, 1.165) is 4.90 Å². The van der Waals surface area contributed by atoms with Crippen molar-refractivity contribution in [3.63, 3.8) is 0 Å². The van der Waals surface area contributed by atoms with E-state index in [4.69, 9.17) is 16.3 Å². The van der Waals surface area contributed by atoms with E-state index in [1.54, 1.807) is 30.3 Å². The first-order valence-electron chi connectivity index (χ1n) is 10.0. The number of carbonyl (C=O) groups excluding carboxylic acids is 3. The Balaban J connectivity index is 2.53. The van der Waals surface area contributed by atoms with Gasteiger partial charge in [-0.1, -0.05) is 41.9 Å². The average Bonchev–Trinajstić information content (AvgIpc) is 2.80. The number of carbonyl (C=O) groups is 3. The lowest BCUT2D eigenvalue weighted by atomic mass is 10.0. The van der Waals surface area contributed by atoms with Crippen molar-refractivity contribution in [1.82, 2.24) is 15.5 Å². The summed E-state index contributed by atoms with van der Waals surface area (Å²) >= 11 is 6.38. The molecule has 188 valence electrons. The lowest BCUT2D eigenvalue weighted by Gasteiger charge is -2.28. The number of benzene rings is 2. The van der Waals surface area contributed by atoms with Crippen molar-refractivity contribution in [2.45, 2.75) is 18.3 Å². The molecule has 0 aromatic heterocycles. The van der Waals surface area contributed by atoms with Crippen LogP contribution in [0, 0.1) is 5.82 Å². The predicted octanol–water partition coefficient (Wildman–Crippen LogP) is 4.04. The summed E-state index contributed by atoms with van der Waals surface area (Å²) in [6, 6.07) is 8.18. The zero-order chi connectivity index (χ0) is 26.3. The van der Waals surface area contributed by atoms with Crippen LogP contribution in [-0.4, -0.2) is 56.1 Å². The number of rotatable bonds is 7. The second kappa shape index (κ2) is 11.7. The van der Waals surface area contributed by atoms with E-state index >= 15 is 0 Å². The minimum Gasteiger partial charge on any atom is -0.437 e. The van der Waals surface area contributed by atoms with E-state index in [1.807, 2.05) is 0 Å². The summed E-state index contributed by atoms with van der Waals surface area (Å²) in [7, 11) is 3.92. The monoisotopic (exact) mass is 515 g/mol. The third kappa shape index (κ3) is 7.44. The zero-order valence-corrected chi connectivity index (χ0v) is 19.6. The van der Waals surface area contributed by atoms with Gasteiger partial charge in [0.1, 0.15) is 5.82 Å². The van der Waals surface area contributed by atoms with Crippen LogP contribution in [0.15, 0.2) is 53.6 Å². The zero-order valence-electron chi connectivity index (χ0n) is 18.8. The summed E-state index contributed by atoms with van der Waals surface area (Å²) in [5.41, 5.74) is -1.92. The molecule has 12 heteroatoms. The van der Waals surface area contributed by atoms with Gasteiger partial charge in [0.05, 0.1) is 16.2 Å². The molecule has 0 aliphatic heterocycles. The maximum absolute atomic E-state index is 13.5. The van der Waals surface area contributed by atoms with Gasteiger partial charge >= 0.3 is 12.3 Å². The highest BCUT2D eigenvalue weighted by Gasteiger charge is 2.39. The quantitative estimate of drug-likeness (QED) is 0.545. The van der Waals surface area contributed by atoms with Crippen molar-refractivity contribution in [3.8, 4) is 0 Å². The fraction of sp³-hybridized carbons (Fsp3) is 0.261. The van der Waals surface area contributed by atoms with Crippen LogP contribution in [0.2, 0.25) is 0 Å². The molecule has 35 heavy (non-hydrogen) atoms. The second-order valence-corrected chi connectivity index (χ2v) is 7.83. The highest BCUT2D eigenvalue weighted by Crippen LogP contribution is 2.33. The fourth-order valence-corrected chi connectivity index (χ4v) is 3.19. The molecular formula is C23H22ClF4N3O4. The summed E-state index contributed by atoms with van der Waals surface area (Å²) in [5.74, 6) is -3.48. The predicted molar refractivity (Wildman–Crippen MR) is 121 cm³/mol. The van der Waals surface area contributed by atoms with Crippen LogP contribution in [0.1, 0.15) is 21.5 Å². The van der Waals surface area contributed by atoms with E-state index in [1.165, 1.54) is 27.2 Å². The number of ether oxygens (including phenoxy) is 1. The van der Waals surface area contributed by atoms with E-state index in [0.29, 0.717) is 17.7 Å². The van der Waals surface area contributed by atoms with Crippen molar-refractivity contribution < 1.29 is 36.7 Å². The fourth-order valence-electron chi connectivity index (χ4n) is 2.89. The number of halogens is 5. The normalized spacial score (nSPS) is 13.4. The first kappa shape index (κ1) is 27.6. The minimum absolute atomic E-state index is 0.162. The number of alkyl halides is 3. The Morgan fingerprint density at radius 3 is 2.26 bits per heavy atom. The van der Waals surface area contributed by atoms with Crippen molar-refractivity contribution in [2.24, 2.45) is 0 Å². The van der Waals surface area contributed by atoms with Crippen molar-refractivity contribution in [2.75, 3.05) is 21.1 Å². The molecule has 2 N–H and O–H groups in total. The van der Waals surface area contributed by atoms with Crippen molar-refractivity contribution in [1.29, 1.82) is 0 Å². The highest BCUT2D eigenvalue weighted by atomic mass is 35.5. The number of hydrogen-bond donors (Lipinski definition) is 2. The summed E-state index contributed by atoms with van der Waals surface area (Å²) in [4.78, 5) is 38.8. The second-order valence-electron chi connectivity index (χ2n) is 7.39. The van der Waals surface area contributed by atoms with Gasteiger partial charge in [0.25, 0.3) is 5.91 Å². The number of likely N-dealkylation sites (N-methyl/N-ethyl adjacent to an activating group) is 1. The molecule has 7 nitrogen and oxygen atoms in total. The third-order valence-electron chi connectivity index (χ3n) is 4.62. The Bertz CT molecular complexity index is 1110. The lowest BCUT2D eigenvalue weighted by Crippen LogP contribution is -2.54. The van der Waals surface area contributed by atoms with Crippen LogP contribution in [0.25, 0.3) is 6.08 Å². The lowest BCUT2D eigenvalue weighted by molar-refractivity contribution is -0.138. The van der Waals surface area contributed by atoms with E-state index in [-0.39, 0.29) is 11.1 Å². The van der Waals surface area contributed by atoms with Crippen LogP contribution in [0.4, 0.5) is 22.4 Å². The van der Waals surface area contributed by atoms with Gasteiger partial charge in [0.15, 0.2) is 12.1 Å². The molecule has 2 aromatic carbocycles. The summed E-state index contributed by atoms with van der Waals surface area (Å²) in [6.07, 6.45) is -6.24. The van der Waals surface area contributed by atoms with Crippen LogP contribution < -0.4 is 10.6 Å². The van der Waals surface area contributed by atoms with E-state index in [2.05, 4.69) is 10.6 Å². The molecule has 3 amide bonds. The molecule has 0 fully saturated rings. The van der Waals surface area contributed by atoms with Gasteiger partial charge < -0.3 is 20.3 Å². The standard InChI is InChI=1S/C23H22ClF4N3O4/c1-29-21(33)18(30-20(32)15-10-9-14(25)12-16(15)23(26,27)28)19(35-22(34)31(2)3)17(24)11-13-7-5-4-6-8-13/h4-12,18-19H,1-3H3,(H,29,33)(H,30,32)/b17-11-. The third-order valence-corrected chi connectivity index (χ3v) is 4.94. The summed E-state index contributed by atoms with van der Waals surface area (Å²) in [6.45, 7) is 0. The molecule has 2 aromatic rings. The Hall–Kier alpha value is -3.60. The number of amides is 3. The van der Waals surface area contributed by atoms with Crippen LogP contribution in [0.5, 0.6) is 0 Å². The summed E-state index contributed by atoms with van der Waals surface area (Å²) in [5, 5.41) is 4.18. The van der Waals surface area contributed by atoms with Gasteiger partial charge in [-0.2, -0.15) is 13.2 Å². The molecular weight excluding hydrogens is 494 g/mol. The Kier molecular flexibility index (Phi) is 9.24. The maximum Gasteiger partial charge on any atom is 0.417 e. The molecule has 0 aliphatic carbocycles. The Morgan fingerprint density at radius 2 is 1.71 bits per heavy atom. The van der Waals surface area contributed by atoms with E-state index < -0.39 is 53.2 Å². The smallest absolute Gasteiger partial charge is 0.417 e. The average molecular weight is 516 g/mol. The first-order chi connectivity index (χ1) is 16.3. The Labute approximate surface area is 203 Å². The molecule has 2 unspecified atom stereocenters. The maximum atomic E-state index is 13.5. The number of hydrogen-bond acceptors (Lipinski definition) is 4. The van der Waals surface area contributed by atoms with E-state index in [9.17, 15) is 31.9 Å². The molecule has 2 rings (SSSR count). The molecule has 0 spiro atoms. The SMILES string of the molecule is CNC(=O)C(NC(=O)c1ccc(F)cc1C(F)(F)F)C(OC(=O)N(C)C)/C(Cl)=C/c1ccccc1. The summed E-state index contributed by atoms with van der Waals surface area (Å²) < 4.78 is 59.0. The highest BCUT2D eigenvalue weighted by molar-refractivity contribution is 6.32. The van der Waals surface area contributed by atoms with Gasteiger partial charge in [-0.25, -0.2) is 9.18 Å². The molecule has 0 bridgehead atoms.